The van der Waals surface area contributed by atoms with Crippen LogP contribution in [0.15, 0.2) is 48.5 Å². The van der Waals surface area contributed by atoms with E-state index in [1.807, 2.05) is 24.3 Å². The van der Waals surface area contributed by atoms with Crippen molar-refractivity contribution in [2.24, 2.45) is 0 Å². The number of rotatable bonds is 9. The predicted molar refractivity (Wildman–Crippen MR) is 115 cm³/mol. The van der Waals surface area contributed by atoms with E-state index in [1.165, 1.54) is 4.31 Å². The third-order valence-corrected chi connectivity index (χ3v) is 6.88. The highest BCUT2D eigenvalue weighted by Gasteiger charge is 2.24. The Bertz CT molecular complexity index is 938. The smallest absolute Gasteiger partial charge is 0.251 e. The minimum atomic E-state index is -3.38. The zero-order valence-electron chi connectivity index (χ0n) is 17.2. The van der Waals surface area contributed by atoms with Crippen molar-refractivity contribution in [3.8, 4) is 5.75 Å². The number of nitrogens with one attached hydrogen (secondary N) is 1. The van der Waals surface area contributed by atoms with Crippen molar-refractivity contribution in [1.29, 1.82) is 0 Å². The van der Waals surface area contributed by atoms with E-state index in [0.29, 0.717) is 44.0 Å². The first-order valence-corrected chi connectivity index (χ1v) is 11.6. The van der Waals surface area contributed by atoms with E-state index in [2.05, 4.69) is 5.32 Å². The second kappa shape index (κ2) is 10.6. The number of sulfonamides is 1. The van der Waals surface area contributed by atoms with Gasteiger partial charge in [0.25, 0.3) is 5.91 Å². The van der Waals surface area contributed by atoms with Crippen molar-refractivity contribution in [3.05, 3.63) is 65.2 Å². The van der Waals surface area contributed by atoms with Gasteiger partial charge in [-0.3, -0.25) is 4.79 Å². The van der Waals surface area contributed by atoms with Gasteiger partial charge >= 0.3 is 0 Å². The Hall–Kier alpha value is -2.42. The highest BCUT2D eigenvalue weighted by atomic mass is 32.2. The molecule has 1 aliphatic rings. The number of carbonyl (C=O) groups is 1. The van der Waals surface area contributed by atoms with Gasteiger partial charge < -0.3 is 14.8 Å². The van der Waals surface area contributed by atoms with E-state index in [9.17, 15) is 13.2 Å². The lowest BCUT2D eigenvalue weighted by Gasteiger charge is -2.26. The zero-order chi connectivity index (χ0) is 21.4. The second-order valence-corrected chi connectivity index (χ2v) is 9.10. The predicted octanol–water partition coefficient (Wildman–Crippen LogP) is 2.22. The van der Waals surface area contributed by atoms with Crippen LogP contribution in [0.5, 0.6) is 5.75 Å². The largest absolute Gasteiger partial charge is 0.496 e. The molecule has 1 N–H and O–H groups in total. The number of morpholine rings is 1. The van der Waals surface area contributed by atoms with Crippen LogP contribution in [0, 0.1) is 0 Å². The number of benzene rings is 2. The summed E-state index contributed by atoms with van der Waals surface area (Å²) < 4.78 is 37.0. The summed E-state index contributed by atoms with van der Waals surface area (Å²) in [5.41, 5.74) is 2.29. The molecule has 0 aliphatic carbocycles. The molecule has 0 saturated carbocycles. The summed E-state index contributed by atoms with van der Waals surface area (Å²) in [6.45, 7) is 2.17. The monoisotopic (exact) mass is 432 g/mol. The molecule has 8 heteroatoms. The average molecular weight is 433 g/mol. The molecule has 0 bridgehead atoms. The van der Waals surface area contributed by atoms with Crippen molar-refractivity contribution in [3.63, 3.8) is 0 Å². The van der Waals surface area contributed by atoms with Crippen molar-refractivity contribution >= 4 is 15.9 Å². The molecule has 1 amide bonds. The summed E-state index contributed by atoms with van der Waals surface area (Å²) >= 11 is 0. The van der Waals surface area contributed by atoms with Crippen LogP contribution in [0.25, 0.3) is 0 Å². The molecule has 1 aliphatic heterocycles. The maximum absolute atomic E-state index is 12.5. The molecule has 0 spiro atoms. The molecule has 2 aromatic carbocycles. The van der Waals surface area contributed by atoms with Gasteiger partial charge in [0.05, 0.1) is 26.1 Å². The number of para-hydroxylation sites is 1. The molecular weight excluding hydrogens is 404 g/mol. The van der Waals surface area contributed by atoms with Crippen LogP contribution >= 0.6 is 0 Å². The zero-order valence-corrected chi connectivity index (χ0v) is 18.0. The van der Waals surface area contributed by atoms with Crippen LogP contribution in [0.1, 0.15) is 27.9 Å². The lowest BCUT2D eigenvalue weighted by atomic mass is 10.1. The minimum Gasteiger partial charge on any atom is -0.496 e. The molecule has 1 fully saturated rings. The van der Waals surface area contributed by atoms with E-state index in [1.54, 1.807) is 31.4 Å². The van der Waals surface area contributed by atoms with Gasteiger partial charge in [-0.1, -0.05) is 30.3 Å². The molecule has 162 valence electrons. The van der Waals surface area contributed by atoms with E-state index < -0.39 is 10.0 Å². The van der Waals surface area contributed by atoms with Crippen molar-refractivity contribution in [1.82, 2.24) is 9.62 Å². The molecule has 1 heterocycles. The van der Waals surface area contributed by atoms with Gasteiger partial charge in [0.1, 0.15) is 5.75 Å². The normalized spacial score (nSPS) is 15.0. The molecule has 0 aromatic heterocycles. The number of amides is 1. The fourth-order valence-electron chi connectivity index (χ4n) is 3.37. The number of methoxy groups -OCH3 is 1. The summed E-state index contributed by atoms with van der Waals surface area (Å²) in [5.74, 6) is 0.609. The maximum Gasteiger partial charge on any atom is 0.251 e. The number of nitrogens with zero attached hydrogens (tertiary/aromatic N) is 1. The van der Waals surface area contributed by atoms with Crippen molar-refractivity contribution in [2.75, 3.05) is 40.0 Å². The highest BCUT2D eigenvalue weighted by Crippen LogP contribution is 2.18. The summed E-state index contributed by atoms with van der Waals surface area (Å²) in [6, 6.07) is 14.6. The van der Waals surface area contributed by atoms with Crippen LogP contribution in [0.2, 0.25) is 0 Å². The molecule has 0 unspecified atom stereocenters. The Labute approximate surface area is 178 Å². The quantitative estimate of drug-likeness (QED) is 0.614. The van der Waals surface area contributed by atoms with Gasteiger partial charge in [-0.25, -0.2) is 8.42 Å². The second-order valence-electron chi connectivity index (χ2n) is 7.14. The van der Waals surface area contributed by atoms with Crippen LogP contribution in [0.3, 0.4) is 0 Å². The Morgan fingerprint density at radius 1 is 1.10 bits per heavy atom. The molecule has 0 radical (unpaired) electrons. The van der Waals surface area contributed by atoms with E-state index >= 15 is 0 Å². The van der Waals surface area contributed by atoms with Gasteiger partial charge in [-0.05, 0) is 42.2 Å². The van der Waals surface area contributed by atoms with Crippen molar-refractivity contribution < 1.29 is 22.7 Å². The standard InChI is InChI=1S/C22H28N2O5S/c1-28-21-7-3-2-5-19(21)6-4-12-23-22(25)20-10-8-18(9-11-20)17-30(26,27)24-13-15-29-16-14-24/h2-3,5,7-11H,4,6,12-17H2,1H3,(H,23,25). The van der Waals surface area contributed by atoms with E-state index in [-0.39, 0.29) is 11.7 Å². The lowest BCUT2D eigenvalue weighted by molar-refractivity contribution is 0.0729. The average Bonchev–Trinajstić information content (AvgIpc) is 2.77. The molecule has 1 saturated heterocycles. The van der Waals surface area contributed by atoms with Gasteiger partial charge in [0, 0.05) is 25.2 Å². The van der Waals surface area contributed by atoms with Crippen LogP contribution in [-0.4, -0.2) is 58.6 Å². The third-order valence-electron chi connectivity index (χ3n) is 5.03. The highest BCUT2D eigenvalue weighted by molar-refractivity contribution is 7.88. The number of ether oxygens (including phenoxy) is 2. The molecule has 3 rings (SSSR count). The summed E-state index contributed by atoms with van der Waals surface area (Å²) in [7, 11) is -1.73. The number of aryl methyl sites for hydroxylation is 1. The van der Waals surface area contributed by atoms with Gasteiger partial charge in [0.2, 0.25) is 10.0 Å². The first-order valence-electron chi connectivity index (χ1n) is 10.0. The summed E-state index contributed by atoms with van der Waals surface area (Å²) in [5, 5.41) is 2.91. The Morgan fingerprint density at radius 2 is 1.80 bits per heavy atom. The maximum atomic E-state index is 12.5. The first kappa shape index (κ1) is 22.3. The fraction of sp³-hybridized carbons (Fsp3) is 0.409. The first-order chi connectivity index (χ1) is 14.5. The molecular formula is C22H28N2O5S. The topological polar surface area (TPSA) is 84.9 Å². The van der Waals surface area contributed by atoms with Gasteiger partial charge in [0.15, 0.2) is 0 Å². The summed E-state index contributed by atoms with van der Waals surface area (Å²) in [6.07, 6.45) is 1.60. The van der Waals surface area contributed by atoms with Gasteiger partial charge in [-0.15, -0.1) is 0 Å². The van der Waals surface area contributed by atoms with E-state index in [0.717, 1.165) is 24.2 Å². The Kier molecular flexibility index (Phi) is 7.84. The lowest BCUT2D eigenvalue weighted by Crippen LogP contribution is -2.41. The number of hydrogen-bond donors (Lipinski definition) is 1. The number of carbonyl (C=O) groups excluding carboxylic acids is 1. The fourth-order valence-corrected chi connectivity index (χ4v) is 4.87. The van der Waals surface area contributed by atoms with E-state index in [4.69, 9.17) is 9.47 Å². The molecule has 7 nitrogen and oxygen atoms in total. The van der Waals surface area contributed by atoms with Crippen molar-refractivity contribution in [2.45, 2.75) is 18.6 Å². The third kappa shape index (κ3) is 6.04. The summed E-state index contributed by atoms with van der Waals surface area (Å²) in [4.78, 5) is 12.3. The molecule has 0 atom stereocenters. The Balaban J connectivity index is 1.47. The van der Waals surface area contributed by atoms with Gasteiger partial charge in [-0.2, -0.15) is 4.31 Å². The molecule has 30 heavy (non-hydrogen) atoms. The van der Waals surface area contributed by atoms with Crippen LogP contribution in [-0.2, 0) is 26.9 Å². The molecule has 2 aromatic rings. The number of hydrogen-bond acceptors (Lipinski definition) is 5. The Morgan fingerprint density at radius 3 is 2.50 bits per heavy atom. The van der Waals surface area contributed by atoms with Crippen LogP contribution in [0.4, 0.5) is 0 Å². The minimum absolute atomic E-state index is 0.0756. The van der Waals surface area contributed by atoms with Crippen LogP contribution < -0.4 is 10.1 Å². The SMILES string of the molecule is COc1ccccc1CCCNC(=O)c1ccc(CS(=O)(=O)N2CCOCC2)cc1.